The molecule has 2 aromatic heterocycles. The van der Waals surface area contributed by atoms with Crippen LogP contribution < -0.4 is 10.6 Å². The predicted octanol–water partition coefficient (Wildman–Crippen LogP) is 6.19. The molecule has 0 radical (unpaired) electrons. The van der Waals surface area contributed by atoms with Crippen molar-refractivity contribution < 1.29 is 9.59 Å². The highest BCUT2D eigenvalue weighted by Gasteiger charge is 2.22. The lowest BCUT2D eigenvalue weighted by Crippen LogP contribution is -2.34. The number of rotatable bonds is 17. The Morgan fingerprint density at radius 1 is 0.896 bits per heavy atom. The number of nitrogens with zero attached hydrogens (tertiary/aromatic N) is 5. The third-order valence-corrected chi connectivity index (χ3v) is 8.92. The van der Waals surface area contributed by atoms with Crippen LogP contribution in [0.2, 0.25) is 5.15 Å². The van der Waals surface area contributed by atoms with Gasteiger partial charge >= 0.3 is 0 Å². The number of carbonyl (C=O) groups excluding carboxylic acids is 2. The molecule has 1 atom stereocenters. The van der Waals surface area contributed by atoms with Crippen molar-refractivity contribution in [2.75, 3.05) is 18.8 Å². The number of aryl methyl sites for hydroxylation is 1. The molecule has 250 valence electrons. The van der Waals surface area contributed by atoms with Crippen molar-refractivity contribution in [3.63, 3.8) is 0 Å². The van der Waals surface area contributed by atoms with Gasteiger partial charge in [-0.1, -0.05) is 104 Å². The first-order chi connectivity index (χ1) is 23.5. The van der Waals surface area contributed by atoms with E-state index in [1.54, 1.807) is 0 Å². The number of tetrazole rings is 1. The number of hydrogen-bond donors (Lipinski definition) is 4. The Kier molecular flexibility index (Phi) is 12.8. The molecule has 0 aliphatic heterocycles. The average molecular weight is 685 g/mol. The molecule has 0 spiro atoms. The van der Waals surface area contributed by atoms with Crippen molar-refractivity contribution in [1.29, 1.82) is 0 Å². The van der Waals surface area contributed by atoms with E-state index in [1.807, 2.05) is 59.2 Å². The summed E-state index contributed by atoms with van der Waals surface area (Å²) < 4.78 is 1.93. The van der Waals surface area contributed by atoms with E-state index < -0.39 is 0 Å². The van der Waals surface area contributed by atoms with Gasteiger partial charge in [0.15, 0.2) is 11.0 Å². The van der Waals surface area contributed by atoms with Crippen molar-refractivity contribution in [3.05, 3.63) is 107 Å². The van der Waals surface area contributed by atoms with E-state index >= 15 is 0 Å². The normalized spacial score (nSPS) is 11.7. The van der Waals surface area contributed by atoms with Crippen LogP contribution in [-0.2, 0) is 24.2 Å². The minimum atomic E-state index is -0.261. The maximum atomic E-state index is 13.4. The van der Waals surface area contributed by atoms with Gasteiger partial charge in [0.25, 0.3) is 5.91 Å². The molecule has 3 aromatic carbocycles. The third kappa shape index (κ3) is 9.11. The van der Waals surface area contributed by atoms with Crippen LogP contribution in [0.4, 0.5) is 0 Å². The zero-order valence-electron chi connectivity index (χ0n) is 27.0. The van der Waals surface area contributed by atoms with Gasteiger partial charge in [-0.25, -0.2) is 10.1 Å². The zero-order valence-corrected chi connectivity index (χ0v) is 28.7. The lowest BCUT2D eigenvalue weighted by molar-refractivity contribution is -0.124. The molecule has 0 aliphatic carbocycles. The van der Waals surface area contributed by atoms with Gasteiger partial charge in [-0.2, -0.15) is 12.6 Å². The van der Waals surface area contributed by atoms with Crippen LogP contribution in [0, 0.1) is 5.92 Å². The van der Waals surface area contributed by atoms with Gasteiger partial charge in [-0.3, -0.25) is 9.59 Å². The molecule has 0 saturated carbocycles. The Balaban J connectivity index is 1.18. The summed E-state index contributed by atoms with van der Waals surface area (Å²) in [5, 5.41) is 20.6. The summed E-state index contributed by atoms with van der Waals surface area (Å²) in [7, 11) is 0. The second-order valence-electron chi connectivity index (χ2n) is 11.7. The van der Waals surface area contributed by atoms with E-state index in [-0.39, 0.29) is 22.9 Å². The van der Waals surface area contributed by atoms with E-state index in [4.69, 9.17) is 11.6 Å². The first-order valence-electron chi connectivity index (χ1n) is 16.4. The second-order valence-corrected chi connectivity index (χ2v) is 12.4. The molecule has 0 bridgehead atoms. The van der Waals surface area contributed by atoms with Gasteiger partial charge in [0, 0.05) is 37.4 Å². The van der Waals surface area contributed by atoms with E-state index in [0.717, 1.165) is 59.3 Å². The Bertz CT molecular complexity index is 1760. The van der Waals surface area contributed by atoms with Gasteiger partial charge in [0.05, 0.1) is 5.92 Å². The maximum Gasteiger partial charge on any atom is 0.271 e. The monoisotopic (exact) mass is 684 g/mol. The summed E-state index contributed by atoms with van der Waals surface area (Å²) in [6.45, 7) is 3.56. The summed E-state index contributed by atoms with van der Waals surface area (Å²) in [5.74, 6) is 1.41. The first kappa shape index (κ1) is 34.8. The van der Waals surface area contributed by atoms with Crippen LogP contribution in [0.3, 0.4) is 0 Å². The smallest absolute Gasteiger partial charge is 0.271 e. The van der Waals surface area contributed by atoms with Gasteiger partial charge in [-0.15, -0.1) is 5.10 Å². The van der Waals surface area contributed by atoms with E-state index in [0.29, 0.717) is 49.7 Å². The second kappa shape index (κ2) is 17.6. The number of imidazole rings is 1. The molecule has 0 saturated heterocycles. The first-order valence-corrected chi connectivity index (χ1v) is 17.4. The van der Waals surface area contributed by atoms with Gasteiger partial charge in [0.1, 0.15) is 11.5 Å². The maximum absolute atomic E-state index is 13.4. The van der Waals surface area contributed by atoms with E-state index in [1.165, 1.54) is 0 Å². The largest absolute Gasteiger partial charge is 0.356 e. The van der Waals surface area contributed by atoms with Gasteiger partial charge in [-0.05, 0) is 58.4 Å². The van der Waals surface area contributed by atoms with Crippen LogP contribution in [-0.4, -0.2) is 60.8 Å². The standard InChI is InChI=1S/C36H41ClN8O2S/c1-2-3-15-31-40-33(37)32(36(47)39-21-10-9-20-38-35(46)28(24-48)22-25-11-5-4-6-12-25)45(31)23-26-16-18-27(19-17-26)29-13-7-8-14-30(29)34-41-43-44-42-34/h4-8,11-14,16-19,28,48H,2-3,9-10,15,20-24H2,1H3,(H,38,46)(H,39,47)(H,41,42,43,44). The quantitative estimate of drug-likeness (QED) is 0.0683. The number of H-pyrrole nitrogens is 1. The van der Waals surface area contributed by atoms with Crippen LogP contribution >= 0.6 is 24.2 Å². The number of carbonyl (C=O) groups is 2. The topological polar surface area (TPSA) is 130 Å². The number of aromatic nitrogens is 6. The van der Waals surface area contributed by atoms with Gasteiger partial charge < -0.3 is 15.2 Å². The van der Waals surface area contributed by atoms with Crippen LogP contribution in [0.1, 0.15) is 60.0 Å². The number of hydrogen-bond acceptors (Lipinski definition) is 7. The Labute approximate surface area is 291 Å². The number of benzene rings is 3. The lowest BCUT2D eigenvalue weighted by atomic mass is 9.98. The fourth-order valence-corrected chi connectivity index (χ4v) is 6.18. The summed E-state index contributed by atoms with van der Waals surface area (Å²) in [4.78, 5) is 30.7. The summed E-state index contributed by atoms with van der Waals surface area (Å²) in [5.41, 5.74) is 5.42. The number of amides is 2. The predicted molar refractivity (Wildman–Crippen MR) is 192 cm³/mol. The molecule has 0 aliphatic rings. The lowest BCUT2D eigenvalue weighted by Gasteiger charge is -2.15. The summed E-state index contributed by atoms with van der Waals surface area (Å²) in [6, 6.07) is 26.1. The zero-order chi connectivity index (χ0) is 33.7. The highest BCUT2D eigenvalue weighted by atomic mass is 35.5. The van der Waals surface area contributed by atoms with E-state index in [2.05, 4.69) is 80.1 Å². The number of thiol groups is 1. The van der Waals surface area contributed by atoms with Crippen LogP contribution in [0.25, 0.3) is 22.5 Å². The molecule has 5 aromatic rings. The molecule has 48 heavy (non-hydrogen) atoms. The SMILES string of the molecule is CCCCc1nc(Cl)c(C(=O)NCCCCNC(=O)C(CS)Cc2ccccc2)n1Cc1ccc(-c2ccccc2-c2nnn[nH]2)cc1. The highest BCUT2D eigenvalue weighted by Crippen LogP contribution is 2.30. The third-order valence-electron chi connectivity index (χ3n) is 8.21. The number of aromatic amines is 1. The molecular weight excluding hydrogens is 644 g/mol. The summed E-state index contributed by atoms with van der Waals surface area (Å²) in [6.07, 6.45) is 4.74. The van der Waals surface area contributed by atoms with Crippen molar-refractivity contribution >= 4 is 36.0 Å². The number of nitrogens with one attached hydrogen (secondary N) is 3. The van der Waals surface area contributed by atoms with Gasteiger partial charge in [0.2, 0.25) is 5.91 Å². The Morgan fingerprint density at radius 3 is 2.29 bits per heavy atom. The number of halogens is 1. The molecule has 12 heteroatoms. The molecule has 5 rings (SSSR count). The highest BCUT2D eigenvalue weighted by molar-refractivity contribution is 7.80. The minimum Gasteiger partial charge on any atom is -0.356 e. The van der Waals surface area contributed by atoms with Crippen molar-refractivity contribution in [2.45, 2.75) is 52.0 Å². The summed E-state index contributed by atoms with van der Waals surface area (Å²) >= 11 is 11.0. The molecule has 2 amide bonds. The Hall–Kier alpha value is -4.48. The molecule has 10 nitrogen and oxygen atoms in total. The van der Waals surface area contributed by atoms with Crippen molar-refractivity contribution in [3.8, 4) is 22.5 Å². The Morgan fingerprint density at radius 2 is 1.60 bits per heavy atom. The number of unbranched alkanes of at least 4 members (excludes halogenated alkanes) is 2. The average Bonchev–Trinajstić information content (AvgIpc) is 3.76. The molecule has 2 heterocycles. The minimum absolute atomic E-state index is 0.00227. The fourth-order valence-electron chi connectivity index (χ4n) is 5.60. The van der Waals surface area contributed by atoms with Crippen molar-refractivity contribution in [2.24, 2.45) is 5.92 Å². The fraction of sp³-hybridized carbons (Fsp3) is 0.333. The molecule has 1 unspecified atom stereocenters. The molecular formula is C36H41ClN8O2S. The van der Waals surface area contributed by atoms with E-state index in [9.17, 15) is 9.59 Å². The molecule has 0 fully saturated rings. The van der Waals surface area contributed by atoms with Crippen LogP contribution in [0.15, 0.2) is 78.9 Å². The van der Waals surface area contributed by atoms with Crippen molar-refractivity contribution in [1.82, 2.24) is 40.8 Å². The van der Waals surface area contributed by atoms with Crippen LogP contribution in [0.5, 0.6) is 0 Å². The molecule has 3 N–H and O–H groups in total.